The molecule has 4 rings (SSSR count). The second-order valence-electron chi connectivity index (χ2n) is 6.76. The molecule has 0 aromatic heterocycles. The van der Waals surface area contributed by atoms with E-state index in [-0.39, 0.29) is 0 Å². The van der Waals surface area contributed by atoms with Gasteiger partial charge in [0.2, 0.25) is 0 Å². The molecule has 0 saturated carbocycles. The number of anilines is 2. The maximum atomic E-state index is 12.3. The lowest BCUT2D eigenvalue weighted by molar-refractivity contribution is -0.114. The van der Waals surface area contributed by atoms with Crippen LogP contribution >= 0.6 is 11.6 Å². The Labute approximate surface area is 157 Å². The standard InChI is InChI=1S/C20H20ClN3O2/c1-14-6-7-15(21)12-18(14)23-10-8-22(9-11-23)13-24-17-5-3-2-4-16(17)19(25)20(24)26/h2-7,12H,8-11,13H2,1H3. The number of aryl methyl sites for hydroxylation is 1. The van der Waals surface area contributed by atoms with Gasteiger partial charge in [0.05, 0.1) is 17.9 Å². The number of benzene rings is 2. The summed E-state index contributed by atoms with van der Waals surface area (Å²) in [4.78, 5) is 30.6. The van der Waals surface area contributed by atoms with Crippen molar-refractivity contribution in [2.24, 2.45) is 0 Å². The van der Waals surface area contributed by atoms with Crippen molar-refractivity contribution in [2.45, 2.75) is 6.92 Å². The largest absolute Gasteiger partial charge is 0.369 e. The number of carbonyl (C=O) groups excluding carboxylic acids is 2. The number of carbonyl (C=O) groups is 2. The van der Waals surface area contributed by atoms with Crippen LogP contribution in [0.15, 0.2) is 42.5 Å². The molecule has 0 aliphatic carbocycles. The van der Waals surface area contributed by atoms with Crippen LogP contribution in [0.25, 0.3) is 0 Å². The summed E-state index contributed by atoms with van der Waals surface area (Å²) in [5.41, 5.74) is 3.59. The molecule has 26 heavy (non-hydrogen) atoms. The molecule has 0 atom stereocenters. The number of hydrogen-bond donors (Lipinski definition) is 0. The fraction of sp³-hybridized carbons (Fsp3) is 0.300. The Bertz CT molecular complexity index is 875. The van der Waals surface area contributed by atoms with Gasteiger partial charge in [-0.25, -0.2) is 0 Å². The first-order valence-corrected chi connectivity index (χ1v) is 9.11. The van der Waals surface area contributed by atoms with Gasteiger partial charge in [-0.3, -0.25) is 19.4 Å². The Morgan fingerprint density at radius 1 is 0.962 bits per heavy atom. The Morgan fingerprint density at radius 3 is 2.46 bits per heavy atom. The number of ketones is 1. The van der Waals surface area contributed by atoms with Crippen LogP contribution in [0.5, 0.6) is 0 Å². The van der Waals surface area contributed by atoms with E-state index in [2.05, 4.69) is 16.7 Å². The van der Waals surface area contributed by atoms with E-state index in [0.717, 1.165) is 42.6 Å². The summed E-state index contributed by atoms with van der Waals surface area (Å²) in [6, 6.07) is 13.2. The summed E-state index contributed by atoms with van der Waals surface area (Å²) in [7, 11) is 0. The molecular weight excluding hydrogens is 350 g/mol. The summed E-state index contributed by atoms with van der Waals surface area (Å²) in [6.07, 6.45) is 0. The smallest absolute Gasteiger partial charge is 0.300 e. The molecule has 0 N–H and O–H groups in total. The maximum Gasteiger partial charge on any atom is 0.300 e. The van der Waals surface area contributed by atoms with Crippen LogP contribution in [0.3, 0.4) is 0 Å². The fourth-order valence-corrected chi connectivity index (χ4v) is 3.81. The van der Waals surface area contributed by atoms with E-state index in [1.54, 1.807) is 17.0 Å². The zero-order chi connectivity index (χ0) is 18.3. The first kappa shape index (κ1) is 17.1. The van der Waals surface area contributed by atoms with E-state index in [1.165, 1.54) is 5.56 Å². The number of fused-ring (bicyclic) bond motifs is 1. The summed E-state index contributed by atoms with van der Waals surface area (Å²) in [5, 5.41) is 0.741. The molecule has 134 valence electrons. The van der Waals surface area contributed by atoms with Crippen molar-refractivity contribution in [1.29, 1.82) is 0 Å². The quantitative estimate of drug-likeness (QED) is 0.780. The van der Waals surface area contributed by atoms with Gasteiger partial charge < -0.3 is 4.90 Å². The Kier molecular flexibility index (Phi) is 4.42. The van der Waals surface area contributed by atoms with Crippen molar-refractivity contribution in [2.75, 3.05) is 42.6 Å². The van der Waals surface area contributed by atoms with Crippen molar-refractivity contribution in [3.8, 4) is 0 Å². The summed E-state index contributed by atoms with van der Waals surface area (Å²) >= 11 is 6.14. The van der Waals surface area contributed by atoms with E-state index in [1.807, 2.05) is 30.3 Å². The molecule has 1 saturated heterocycles. The molecule has 0 unspecified atom stereocenters. The molecule has 2 aromatic rings. The zero-order valence-electron chi connectivity index (χ0n) is 14.6. The van der Waals surface area contributed by atoms with Gasteiger partial charge in [-0.1, -0.05) is 29.8 Å². The van der Waals surface area contributed by atoms with Gasteiger partial charge in [-0.2, -0.15) is 0 Å². The van der Waals surface area contributed by atoms with Crippen LogP contribution in [0.2, 0.25) is 5.02 Å². The average molecular weight is 370 g/mol. The minimum Gasteiger partial charge on any atom is -0.369 e. The second kappa shape index (κ2) is 6.74. The van der Waals surface area contributed by atoms with Crippen LogP contribution in [0.4, 0.5) is 11.4 Å². The molecule has 2 aliphatic heterocycles. The first-order chi connectivity index (χ1) is 12.5. The van der Waals surface area contributed by atoms with Crippen molar-refractivity contribution in [1.82, 2.24) is 4.90 Å². The van der Waals surface area contributed by atoms with E-state index in [0.29, 0.717) is 12.2 Å². The lowest BCUT2D eigenvalue weighted by atomic mass is 10.1. The third-order valence-corrected chi connectivity index (χ3v) is 5.34. The van der Waals surface area contributed by atoms with Crippen molar-refractivity contribution in [3.05, 3.63) is 58.6 Å². The third-order valence-electron chi connectivity index (χ3n) is 5.10. The molecule has 1 amide bonds. The van der Waals surface area contributed by atoms with Crippen LogP contribution in [0.1, 0.15) is 15.9 Å². The molecule has 2 heterocycles. The van der Waals surface area contributed by atoms with Crippen LogP contribution in [0, 0.1) is 6.92 Å². The third kappa shape index (κ3) is 2.97. The van der Waals surface area contributed by atoms with Crippen molar-refractivity contribution < 1.29 is 9.59 Å². The molecule has 6 heteroatoms. The number of Topliss-reactive ketones (excluding diaryl/α,β-unsaturated/α-hetero) is 1. The molecular formula is C20H20ClN3O2. The molecule has 0 radical (unpaired) electrons. The number of para-hydroxylation sites is 1. The predicted molar refractivity (Wildman–Crippen MR) is 103 cm³/mol. The van der Waals surface area contributed by atoms with Gasteiger partial charge in [0, 0.05) is 36.9 Å². The molecule has 5 nitrogen and oxygen atoms in total. The van der Waals surface area contributed by atoms with E-state index in [9.17, 15) is 9.59 Å². The number of amides is 1. The van der Waals surface area contributed by atoms with Gasteiger partial charge in [-0.15, -0.1) is 0 Å². The van der Waals surface area contributed by atoms with Gasteiger partial charge in [0.15, 0.2) is 0 Å². The number of halogens is 1. The number of rotatable bonds is 3. The minimum atomic E-state index is -0.431. The lowest BCUT2D eigenvalue weighted by Gasteiger charge is -2.38. The topological polar surface area (TPSA) is 43.9 Å². The molecule has 1 fully saturated rings. The van der Waals surface area contributed by atoms with E-state index >= 15 is 0 Å². The van der Waals surface area contributed by atoms with Crippen LogP contribution < -0.4 is 9.80 Å². The van der Waals surface area contributed by atoms with Gasteiger partial charge >= 0.3 is 5.91 Å². The van der Waals surface area contributed by atoms with E-state index in [4.69, 9.17) is 11.6 Å². The summed E-state index contributed by atoms with van der Waals surface area (Å²) < 4.78 is 0. The zero-order valence-corrected chi connectivity index (χ0v) is 15.4. The highest BCUT2D eigenvalue weighted by Gasteiger charge is 2.36. The number of nitrogens with zero attached hydrogens (tertiary/aromatic N) is 3. The van der Waals surface area contributed by atoms with Crippen LogP contribution in [-0.2, 0) is 4.79 Å². The lowest BCUT2D eigenvalue weighted by Crippen LogP contribution is -2.51. The highest BCUT2D eigenvalue weighted by molar-refractivity contribution is 6.52. The predicted octanol–water partition coefficient (Wildman–Crippen LogP) is 2.96. The van der Waals surface area contributed by atoms with Crippen LogP contribution in [-0.4, -0.2) is 49.4 Å². The van der Waals surface area contributed by atoms with Gasteiger partial charge in [0.25, 0.3) is 5.78 Å². The molecule has 2 aliphatic rings. The molecule has 0 spiro atoms. The Hall–Kier alpha value is -2.37. The maximum absolute atomic E-state index is 12.3. The fourth-order valence-electron chi connectivity index (χ4n) is 3.64. The Morgan fingerprint density at radius 2 is 1.69 bits per heavy atom. The second-order valence-corrected chi connectivity index (χ2v) is 7.19. The average Bonchev–Trinajstić information content (AvgIpc) is 2.90. The van der Waals surface area contributed by atoms with Crippen molar-refractivity contribution >= 4 is 34.7 Å². The molecule has 2 aromatic carbocycles. The van der Waals surface area contributed by atoms with E-state index < -0.39 is 11.7 Å². The molecule has 0 bridgehead atoms. The number of hydrogen-bond acceptors (Lipinski definition) is 4. The highest BCUT2D eigenvalue weighted by atomic mass is 35.5. The van der Waals surface area contributed by atoms with Gasteiger partial charge in [0.1, 0.15) is 0 Å². The first-order valence-electron chi connectivity index (χ1n) is 8.73. The van der Waals surface area contributed by atoms with Gasteiger partial charge in [-0.05, 0) is 36.8 Å². The summed E-state index contributed by atoms with van der Waals surface area (Å²) in [5.74, 6) is -0.840. The minimum absolute atomic E-state index is 0.409. The summed E-state index contributed by atoms with van der Waals surface area (Å²) in [6.45, 7) is 5.91. The Balaban J connectivity index is 1.44. The SMILES string of the molecule is Cc1ccc(Cl)cc1N1CCN(CN2C(=O)C(=O)c3ccccc32)CC1. The van der Waals surface area contributed by atoms with Crippen molar-refractivity contribution in [3.63, 3.8) is 0 Å². The monoisotopic (exact) mass is 369 g/mol. The number of piperazine rings is 1. The highest BCUT2D eigenvalue weighted by Crippen LogP contribution is 2.29. The normalized spacial score (nSPS) is 17.8.